The molecule has 0 spiro atoms. The fraction of sp³-hybridized carbons (Fsp3) is 0.111. The molecule has 0 atom stereocenters. The molecule has 0 saturated carbocycles. The summed E-state index contributed by atoms with van der Waals surface area (Å²) in [6.45, 7) is 2.05. The lowest BCUT2D eigenvalue weighted by Crippen LogP contribution is -1.88. The first-order valence-corrected chi connectivity index (χ1v) is 5.65. The van der Waals surface area contributed by atoms with Gasteiger partial charge in [-0.15, -0.1) is 0 Å². The Morgan fingerprint density at radius 1 is 1.43 bits per heavy atom. The Morgan fingerprint density at radius 2 is 2.29 bits per heavy atom. The zero-order valence-electron chi connectivity index (χ0n) is 7.60. The number of nitrogens with zero attached hydrogens (tertiary/aromatic N) is 2. The molecule has 72 valence electrons. The standard InChI is InChI=1S/C9H9N3S2/c1-6-2-3-7(10)8(4-6)13-9-11-5-12-14-9/h2-5H,10H2,1H3. The molecule has 3 nitrogen and oxygen atoms in total. The number of hydrogen-bond donors (Lipinski definition) is 1. The van der Waals surface area contributed by atoms with E-state index in [1.54, 1.807) is 18.1 Å². The topological polar surface area (TPSA) is 51.8 Å². The number of benzene rings is 1. The lowest BCUT2D eigenvalue weighted by atomic mass is 10.2. The molecule has 5 heteroatoms. The van der Waals surface area contributed by atoms with Crippen molar-refractivity contribution in [3.63, 3.8) is 0 Å². The molecule has 14 heavy (non-hydrogen) atoms. The van der Waals surface area contributed by atoms with Gasteiger partial charge in [-0.3, -0.25) is 0 Å². The minimum Gasteiger partial charge on any atom is -0.398 e. The monoisotopic (exact) mass is 223 g/mol. The third-order valence-corrected chi connectivity index (χ3v) is 3.50. The van der Waals surface area contributed by atoms with Crippen LogP contribution in [0.1, 0.15) is 5.56 Å². The van der Waals surface area contributed by atoms with Gasteiger partial charge in [-0.2, -0.15) is 4.37 Å². The summed E-state index contributed by atoms with van der Waals surface area (Å²) in [5, 5.41) is 0. The summed E-state index contributed by atoms with van der Waals surface area (Å²) in [6, 6.07) is 5.97. The van der Waals surface area contributed by atoms with Gasteiger partial charge in [0, 0.05) is 10.6 Å². The van der Waals surface area contributed by atoms with E-state index in [1.165, 1.54) is 17.1 Å². The van der Waals surface area contributed by atoms with Crippen molar-refractivity contribution in [2.75, 3.05) is 5.73 Å². The van der Waals surface area contributed by atoms with Crippen molar-refractivity contribution < 1.29 is 0 Å². The quantitative estimate of drug-likeness (QED) is 0.795. The van der Waals surface area contributed by atoms with E-state index in [1.807, 2.05) is 19.1 Å². The van der Waals surface area contributed by atoms with Crippen LogP contribution in [-0.2, 0) is 0 Å². The van der Waals surface area contributed by atoms with Crippen LogP contribution in [0.4, 0.5) is 5.69 Å². The van der Waals surface area contributed by atoms with Crippen LogP contribution in [0.3, 0.4) is 0 Å². The summed E-state index contributed by atoms with van der Waals surface area (Å²) in [6.07, 6.45) is 1.55. The van der Waals surface area contributed by atoms with Crippen molar-refractivity contribution in [2.24, 2.45) is 0 Å². The van der Waals surface area contributed by atoms with Crippen LogP contribution in [0.5, 0.6) is 0 Å². The smallest absolute Gasteiger partial charge is 0.174 e. The van der Waals surface area contributed by atoms with E-state index in [0.717, 1.165) is 14.9 Å². The first-order valence-electron chi connectivity index (χ1n) is 4.06. The summed E-state index contributed by atoms with van der Waals surface area (Å²) < 4.78 is 4.86. The number of aromatic nitrogens is 2. The maximum absolute atomic E-state index is 5.84. The van der Waals surface area contributed by atoms with Gasteiger partial charge in [0.2, 0.25) is 0 Å². The van der Waals surface area contributed by atoms with E-state index in [0.29, 0.717) is 0 Å². The Balaban J connectivity index is 2.28. The van der Waals surface area contributed by atoms with Gasteiger partial charge in [-0.1, -0.05) is 17.8 Å². The molecule has 2 aromatic rings. The van der Waals surface area contributed by atoms with Gasteiger partial charge < -0.3 is 5.73 Å². The Kier molecular flexibility index (Phi) is 2.69. The van der Waals surface area contributed by atoms with Crippen LogP contribution in [0.15, 0.2) is 33.8 Å². The molecule has 2 rings (SSSR count). The number of nitrogens with two attached hydrogens (primary N) is 1. The molecular formula is C9H9N3S2. The van der Waals surface area contributed by atoms with E-state index in [-0.39, 0.29) is 0 Å². The molecule has 0 radical (unpaired) electrons. The summed E-state index contributed by atoms with van der Waals surface area (Å²) in [5.74, 6) is 0. The van der Waals surface area contributed by atoms with Gasteiger partial charge in [0.25, 0.3) is 0 Å². The highest BCUT2D eigenvalue weighted by Crippen LogP contribution is 2.32. The second kappa shape index (κ2) is 3.98. The van der Waals surface area contributed by atoms with Crippen LogP contribution < -0.4 is 5.73 Å². The largest absolute Gasteiger partial charge is 0.398 e. The van der Waals surface area contributed by atoms with Crippen LogP contribution >= 0.6 is 23.3 Å². The summed E-state index contributed by atoms with van der Waals surface area (Å²) in [7, 11) is 0. The van der Waals surface area contributed by atoms with Crippen LogP contribution in [-0.4, -0.2) is 9.36 Å². The highest BCUT2D eigenvalue weighted by Gasteiger charge is 2.04. The average Bonchev–Trinajstić information content (AvgIpc) is 2.64. The van der Waals surface area contributed by atoms with Crippen molar-refractivity contribution in [3.05, 3.63) is 30.1 Å². The van der Waals surface area contributed by atoms with E-state index in [2.05, 4.69) is 15.4 Å². The molecule has 0 aliphatic carbocycles. The number of nitrogen functional groups attached to an aromatic ring is 1. The molecule has 0 saturated heterocycles. The summed E-state index contributed by atoms with van der Waals surface area (Å²) in [5.41, 5.74) is 7.83. The Morgan fingerprint density at radius 3 is 3.00 bits per heavy atom. The Labute approximate surface area is 90.5 Å². The van der Waals surface area contributed by atoms with Gasteiger partial charge in [0.15, 0.2) is 4.34 Å². The molecule has 1 aromatic carbocycles. The van der Waals surface area contributed by atoms with Gasteiger partial charge in [0.05, 0.1) is 0 Å². The van der Waals surface area contributed by atoms with Crippen LogP contribution in [0.2, 0.25) is 0 Å². The predicted molar refractivity (Wildman–Crippen MR) is 59.6 cm³/mol. The minimum atomic E-state index is 0.788. The Bertz CT molecular complexity index is 426. The molecule has 0 bridgehead atoms. The van der Waals surface area contributed by atoms with E-state index >= 15 is 0 Å². The van der Waals surface area contributed by atoms with E-state index < -0.39 is 0 Å². The van der Waals surface area contributed by atoms with Gasteiger partial charge in [-0.25, -0.2) is 4.98 Å². The minimum absolute atomic E-state index is 0.788. The molecule has 2 N–H and O–H groups in total. The lowest BCUT2D eigenvalue weighted by Gasteiger charge is -2.03. The molecule has 1 aromatic heterocycles. The average molecular weight is 223 g/mol. The maximum Gasteiger partial charge on any atom is 0.174 e. The molecule has 0 aliphatic heterocycles. The molecular weight excluding hydrogens is 214 g/mol. The molecule has 0 amide bonds. The molecule has 1 heterocycles. The normalized spacial score (nSPS) is 10.4. The highest BCUT2D eigenvalue weighted by atomic mass is 32.2. The van der Waals surface area contributed by atoms with Crippen molar-refractivity contribution in [3.8, 4) is 0 Å². The van der Waals surface area contributed by atoms with Gasteiger partial charge >= 0.3 is 0 Å². The number of anilines is 1. The van der Waals surface area contributed by atoms with Gasteiger partial charge in [0.1, 0.15) is 6.33 Å². The van der Waals surface area contributed by atoms with Crippen molar-refractivity contribution in [1.29, 1.82) is 0 Å². The first kappa shape index (κ1) is 9.48. The molecule has 0 fully saturated rings. The van der Waals surface area contributed by atoms with Crippen molar-refractivity contribution in [2.45, 2.75) is 16.2 Å². The van der Waals surface area contributed by atoms with E-state index in [9.17, 15) is 0 Å². The second-order valence-corrected chi connectivity index (χ2v) is 4.92. The number of hydrogen-bond acceptors (Lipinski definition) is 5. The molecule has 0 unspecified atom stereocenters. The first-order chi connectivity index (χ1) is 6.75. The second-order valence-electron chi connectivity index (χ2n) is 2.85. The number of rotatable bonds is 2. The third-order valence-electron chi connectivity index (χ3n) is 1.71. The van der Waals surface area contributed by atoms with E-state index in [4.69, 9.17) is 5.73 Å². The predicted octanol–water partition coefficient (Wildman–Crippen LogP) is 2.58. The fourth-order valence-electron chi connectivity index (χ4n) is 1.03. The zero-order valence-corrected chi connectivity index (χ0v) is 9.23. The zero-order chi connectivity index (χ0) is 9.97. The van der Waals surface area contributed by atoms with Crippen molar-refractivity contribution >= 4 is 29.0 Å². The van der Waals surface area contributed by atoms with Crippen molar-refractivity contribution in [1.82, 2.24) is 9.36 Å². The third kappa shape index (κ3) is 2.05. The number of aryl methyl sites for hydroxylation is 1. The fourth-order valence-corrected chi connectivity index (χ4v) is 2.58. The summed E-state index contributed by atoms with van der Waals surface area (Å²) in [4.78, 5) is 5.14. The SMILES string of the molecule is Cc1ccc(N)c(Sc2ncns2)c1. The van der Waals surface area contributed by atoms with Crippen LogP contribution in [0.25, 0.3) is 0 Å². The lowest BCUT2D eigenvalue weighted by molar-refractivity contribution is 1.21. The van der Waals surface area contributed by atoms with Gasteiger partial charge in [-0.05, 0) is 36.2 Å². The highest BCUT2D eigenvalue weighted by molar-refractivity contribution is 8.01. The summed E-state index contributed by atoms with van der Waals surface area (Å²) >= 11 is 2.93. The Hall–Kier alpha value is -1.07. The van der Waals surface area contributed by atoms with Crippen LogP contribution in [0, 0.1) is 6.92 Å². The maximum atomic E-state index is 5.84. The molecule has 0 aliphatic rings.